The van der Waals surface area contributed by atoms with Crippen LogP contribution >= 0.6 is 0 Å². The van der Waals surface area contributed by atoms with Crippen LogP contribution in [0, 0.1) is 0 Å². The second-order valence-corrected chi connectivity index (χ2v) is 7.86. The second-order valence-electron chi connectivity index (χ2n) is 7.86. The third kappa shape index (κ3) is 4.67. The highest BCUT2D eigenvalue weighted by atomic mass is 16.5. The highest BCUT2D eigenvalue weighted by Gasteiger charge is 2.38. The Bertz CT molecular complexity index is 944. The summed E-state index contributed by atoms with van der Waals surface area (Å²) in [4.78, 5) is 17.0. The van der Waals surface area contributed by atoms with Crippen LogP contribution in [-0.4, -0.2) is 74.5 Å². The summed E-state index contributed by atoms with van der Waals surface area (Å²) in [6.07, 6.45) is -0.186. The fourth-order valence-electron chi connectivity index (χ4n) is 4.15. The van der Waals surface area contributed by atoms with E-state index in [9.17, 15) is 9.90 Å². The molecule has 1 saturated heterocycles. The third-order valence-electron chi connectivity index (χ3n) is 5.92. The van der Waals surface area contributed by atoms with Crippen LogP contribution in [0.3, 0.4) is 0 Å². The minimum absolute atomic E-state index is 0.207. The lowest BCUT2D eigenvalue weighted by molar-refractivity contribution is 0.0134. The van der Waals surface area contributed by atoms with Crippen molar-refractivity contribution in [3.8, 4) is 17.2 Å². The molecule has 2 heterocycles. The van der Waals surface area contributed by atoms with Gasteiger partial charge in [0.05, 0.1) is 46.1 Å². The monoisotopic (exact) mass is 442 g/mol. The van der Waals surface area contributed by atoms with E-state index in [0.29, 0.717) is 35.0 Å². The molecule has 1 unspecified atom stereocenters. The molecule has 32 heavy (non-hydrogen) atoms. The van der Waals surface area contributed by atoms with Crippen LogP contribution in [-0.2, 0) is 11.3 Å². The quantitative estimate of drug-likeness (QED) is 0.598. The number of nitrogens with zero attached hydrogens (tertiary/aromatic N) is 2. The first kappa shape index (κ1) is 22.4. The third-order valence-corrected chi connectivity index (χ3v) is 5.92. The van der Waals surface area contributed by atoms with Gasteiger partial charge in [-0.25, -0.2) is 0 Å². The van der Waals surface area contributed by atoms with Crippen LogP contribution in [0.4, 0.5) is 0 Å². The molecule has 1 fully saturated rings. The Balaban J connectivity index is 1.43. The van der Waals surface area contributed by atoms with Gasteiger partial charge in [0.25, 0.3) is 5.91 Å². The number of methoxy groups -OCH3 is 2. The molecule has 2 aromatic rings. The summed E-state index contributed by atoms with van der Waals surface area (Å²) >= 11 is 0. The topological polar surface area (TPSA) is 80.7 Å². The Hall–Kier alpha value is -2.81. The fraction of sp³-hybridized carbons (Fsp3) is 0.458. The van der Waals surface area contributed by atoms with Crippen molar-refractivity contribution >= 4 is 5.91 Å². The van der Waals surface area contributed by atoms with Crippen molar-refractivity contribution in [3.05, 3.63) is 53.1 Å². The summed E-state index contributed by atoms with van der Waals surface area (Å²) in [5.74, 6) is 1.52. The van der Waals surface area contributed by atoms with E-state index in [1.54, 1.807) is 38.5 Å². The van der Waals surface area contributed by atoms with Crippen molar-refractivity contribution in [2.45, 2.75) is 19.2 Å². The van der Waals surface area contributed by atoms with Crippen LogP contribution in [0.5, 0.6) is 17.2 Å². The van der Waals surface area contributed by atoms with E-state index in [4.69, 9.17) is 18.9 Å². The van der Waals surface area contributed by atoms with Crippen molar-refractivity contribution in [1.82, 2.24) is 9.80 Å². The number of aliphatic hydroxyl groups excluding tert-OH is 1. The van der Waals surface area contributed by atoms with Gasteiger partial charge in [0.15, 0.2) is 6.23 Å². The van der Waals surface area contributed by atoms with E-state index in [1.165, 1.54) is 4.90 Å². The summed E-state index contributed by atoms with van der Waals surface area (Å²) in [7, 11) is 3.15. The number of fused-ring (bicyclic) bond motifs is 1. The molecule has 0 bridgehead atoms. The number of carbonyl (C=O) groups excluding carboxylic acids is 1. The maximum Gasteiger partial charge on any atom is 0.260 e. The van der Waals surface area contributed by atoms with Crippen molar-refractivity contribution in [3.63, 3.8) is 0 Å². The summed E-state index contributed by atoms with van der Waals surface area (Å²) in [6.45, 7) is 5.06. The van der Waals surface area contributed by atoms with Crippen molar-refractivity contribution in [1.29, 1.82) is 0 Å². The van der Waals surface area contributed by atoms with Crippen molar-refractivity contribution < 1.29 is 28.8 Å². The van der Waals surface area contributed by atoms with Crippen LogP contribution in [0.1, 0.15) is 34.1 Å². The van der Waals surface area contributed by atoms with E-state index >= 15 is 0 Å². The van der Waals surface area contributed by atoms with Gasteiger partial charge in [0.1, 0.15) is 17.2 Å². The molecule has 2 aromatic carbocycles. The van der Waals surface area contributed by atoms with Gasteiger partial charge in [-0.05, 0) is 24.6 Å². The van der Waals surface area contributed by atoms with Gasteiger partial charge in [-0.2, -0.15) is 0 Å². The Labute approximate surface area is 188 Å². The molecular formula is C24H30N2O6. The summed E-state index contributed by atoms with van der Waals surface area (Å²) < 4.78 is 22.0. The predicted molar refractivity (Wildman–Crippen MR) is 118 cm³/mol. The molecule has 1 N–H and O–H groups in total. The number of carbonyl (C=O) groups is 1. The number of hydrogen-bond donors (Lipinski definition) is 1. The number of aliphatic hydroxyl groups is 1. The maximum atomic E-state index is 13.2. The molecule has 0 saturated carbocycles. The minimum atomic E-state index is -1.04. The van der Waals surface area contributed by atoms with E-state index in [-0.39, 0.29) is 12.5 Å². The van der Waals surface area contributed by atoms with Crippen LogP contribution < -0.4 is 14.2 Å². The Morgan fingerprint density at radius 3 is 2.66 bits per heavy atom. The van der Waals surface area contributed by atoms with Crippen LogP contribution in [0.15, 0.2) is 36.4 Å². The molecule has 8 heteroatoms. The zero-order valence-electron chi connectivity index (χ0n) is 18.6. The molecule has 1 atom stereocenters. The summed E-state index contributed by atoms with van der Waals surface area (Å²) in [6, 6.07) is 10.8. The molecule has 0 radical (unpaired) electrons. The number of rotatable bonds is 9. The van der Waals surface area contributed by atoms with E-state index in [2.05, 4.69) is 4.90 Å². The lowest BCUT2D eigenvalue weighted by atomic mass is 10.1. The fourth-order valence-corrected chi connectivity index (χ4v) is 4.15. The molecule has 0 spiro atoms. The standard InChI is InChI=1S/C24H30N2O6/c1-29-18-8-7-17(21(15-18)30-2)16-26-23(27)19-5-3-6-20(22(19)24(26)28)32-12-4-9-25-10-13-31-14-11-25/h3,5-8,15,23,27H,4,9-14,16H2,1-2H3. The Morgan fingerprint density at radius 2 is 1.91 bits per heavy atom. The first-order valence-corrected chi connectivity index (χ1v) is 10.9. The largest absolute Gasteiger partial charge is 0.497 e. The smallest absolute Gasteiger partial charge is 0.260 e. The number of morpholine rings is 1. The maximum absolute atomic E-state index is 13.2. The zero-order chi connectivity index (χ0) is 22.5. The first-order chi connectivity index (χ1) is 15.6. The van der Waals surface area contributed by atoms with E-state index in [0.717, 1.165) is 44.8 Å². The lowest BCUT2D eigenvalue weighted by Gasteiger charge is -2.26. The average Bonchev–Trinajstić information content (AvgIpc) is 3.08. The van der Waals surface area contributed by atoms with Gasteiger partial charge in [-0.15, -0.1) is 0 Å². The van der Waals surface area contributed by atoms with E-state index in [1.807, 2.05) is 12.1 Å². The SMILES string of the molecule is COc1ccc(CN2C(=O)c3c(OCCCN4CCOCC4)cccc3C2O)c(OC)c1. The molecular weight excluding hydrogens is 412 g/mol. The van der Waals surface area contributed by atoms with Gasteiger partial charge in [0.2, 0.25) is 0 Å². The number of amides is 1. The molecule has 2 aliphatic heterocycles. The van der Waals surface area contributed by atoms with Crippen LogP contribution in [0.2, 0.25) is 0 Å². The van der Waals surface area contributed by atoms with E-state index < -0.39 is 6.23 Å². The van der Waals surface area contributed by atoms with Gasteiger partial charge in [-0.1, -0.05) is 12.1 Å². The highest BCUT2D eigenvalue weighted by molar-refractivity contribution is 6.01. The van der Waals surface area contributed by atoms with Gasteiger partial charge < -0.3 is 29.0 Å². The average molecular weight is 443 g/mol. The Kier molecular flexibility index (Phi) is 7.14. The zero-order valence-corrected chi connectivity index (χ0v) is 18.6. The predicted octanol–water partition coefficient (Wildman–Crippen LogP) is 2.45. The second kappa shape index (κ2) is 10.2. The number of ether oxygens (including phenoxy) is 4. The van der Waals surface area contributed by atoms with Gasteiger partial charge in [0, 0.05) is 36.8 Å². The molecule has 2 aliphatic rings. The minimum Gasteiger partial charge on any atom is -0.497 e. The number of hydrogen-bond acceptors (Lipinski definition) is 7. The highest BCUT2D eigenvalue weighted by Crippen LogP contribution is 2.39. The molecule has 0 aliphatic carbocycles. The first-order valence-electron chi connectivity index (χ1n) is 10.9. The molecule has 1 amide bonds. The Morgan fingerprint density at radius 1 is 1.09 bits per heavy atom. The van der Waals surface area contributed by atoms with Crippen molar-refractivity contribution in [2.75, 3.05) is 53.7 Å². The van der Waals surface area contributed by atoms with Crippen LogP contribution in [0.25, 0.3) is 0 Å². The van der Waals surface area contributed by atoms with Gasteiger partial charge >= 0.3 is 0 Å². The van der Waals surface area contributed by atoms with Crippen molar-refractivity contribution in [2.24, 2.45) is 0 Å². The molecule has 8 nitrogen and oxygen atoms in total. The summed E-state index contributed by atoms with van der Waals surface area (Å²) in [5, 5.41) is 10.9. The molecule has 0 aromatic heterocycles. The normalized spacial score (nSPS) is 18.5. The number of benzene rings is 2. The molecule has 4 rings (SSSR count). The lowest BCUT2D eigenvalue weighted by Crippen LogP contribution is -2.37. The molecule has 172 valence electrons. The summed E-state index contributed by atoms with van der Waals surface area (Å²) in [5.41, 5.74) is 1.77. The van der Waals surface area contributed by atoms with Gasteiger partial charge in [-0.3, -0.25) is 9.69 Å².